The van der Waals surface area contributed by atoms with E-state index in [0.29, 0.717) is 6.61 Å². The van der Waals surface area contributed by atoms with Gasteiger partial charge in [0, 0.05) is 5.57 Å². The largest absolute Gasteiger partial charge is 0.478 e. The predicted octanol–water partition coefficient (Wildman–Crippen LogP) is 0.544. The minimum absolute atomic E-state index is 0.176. The van der Waals surface area contributed by atoms with Gasteiger partial charge in [-0.25, -0.2) is 10.7 Å². The van der Waals surface area contributed by atoms with Crippen molar-refractivity contribution in [2.75, 3.05) is 6.61 Å². The lowest BCUT2D eigenvalue weighted by atomic mass is 10.4. The van der Waals surface area contributed by atoms with E-state index in [1.807, 2.05) is 6.92 Å². The summed E-state index contributed by atoms with van der Waals surface area (Å²) < 4.78 is 0. The number of aliphatic carboxylic acids is 1. The number of carboxylic acid groups (broad SMARTS) is 1. The fourth-order valence-corrected chi connectivity index (χ4v) is 0. The monoisotopic (exact) mass is 147 g/mol. The third-order valence-corrected chi connectivity index (χ3v) is 0.532. The van der Waals surface area contributed by atoms with Crippen LogP contribution in [0.2, 0.25) is 0 Å². The van der Waals surface area contributed by atoms with Gasteiger partial charge in [-0.1, -0.05) is 6.58 Å². The highest BCUT2D eigenvalue weighted by Gasteiger charge is 1.90. The molecule has 4 heteroatoms. The maximum absolute atomic E-state index is 9.60. The van der Waals surface area contributed by atoms with Gasteiger partial charge in [-0.05, 0) is 13.8 Å². The summed E-state index contributed by atoms with van der Waals surface area (Å²) in [5.74, 6) is 3.59. The van der Waals surface area contributed by atoms with Crippen LogP contribution >= 0.6 is 0 Å². The van der Waals surface area contributed by atoms with E-state index < -0.39 is 5.97 Å². The average Bonchev–Trinajstić information content (AvgIpc) is 1.89. The van der Waals surface area contributed by atoms with E-state index in [1.54, 1.807) is 0 Å². The molecular weight excluding hydrogens is 134 g/mol. The molecule has 10 heavy (non-hydrogen) atoms. The highest BCUT2D eigenvalue weighted by atomic mass is 16.6. The SMILES string of the molecule is C=C(C)C(=O)O.CCON. The standard InChI is InChI=1S/C4H6O2.C2H7NO/c1-3(2)4(5)6;1-2-4-3/h1H2,2H3,(H,5,6);2-3H2,1H3. The molecule has 0 radical (unpaired) electrons. The third kappa shape index (κ3) is 15.7. The maximum Gasteiger partial charge on any atom is 0.330 e. The summed E-state index contributed by atoms with van der Waals surface area (Å²) in [7, 11) is 0. The van der Waals surface area contributed by atoms with E-state index >= 15 is 0 Å². The molecule has 0 aliphatic heterocycles. The Kier molecular flexibility index (Phi) is 9.65. The number of rotatable bonds is 2. The fraction of sp³-hybridized carbons (Fsp3) is 0.500. The lowest BCUT2D eigenvalue weighted by molar-refractivity contribution is -0.132. The smallest absolute Gasteiger partial charge is 0.330 e. The van der Waals surface area contributed by atoms with Crippen molar-refractivity contribution < 1.29 is 14.7 Å². The Hall–Kier alpha value is -0.870. The average molecular weight is 147 g/mol. The van der Waals surface area contributed by atoms with Gasteiger partial charge in [0.1, 0.15) is 0 Å². The summed E-state index contributed by atoms with van der Waals surface area (Å²) in [5, 5.41) is 7.89. The van der Waals surface area contributed by atoms with Gasteiger partial charge in [0.15, 0.2) is 0 Å². The van der Waals surface area contributed by atoms with Gasteiger partial charge < -0.3 is 9.94 Å². The second-order valence-electron chi connectivity index (χ2n) is 1.54. The Bertz CT molecular complexity index is 97.6. The zero-order valence-electron chi connectivity index (χ0n) is 6.26. The number of nitrogens with two attached hydrogens (primary N) is 1. The second-order valence-corrected chi connectivity index (χ2v) is 1.54. The van der Waals surface area contributed by atoms with Gasteiger partial charge in [0.25, 0.3) is 0 Å². The van der Waals surface area contributed by atoms with Crippen LogP contribution < -0.4 is 5.90 Å². The van der Waals surface area contributed by atoms with Crippen molar-refractivity contribution in [3.63, 3.8) is 0 Å². The summed E-state index contributed by atoms with van der Waals surface area (Å²) in [6.07, 6.45) is 0. The Morgan fingerprint density at radius 2 is 2.00 bits per heavy atom. The van der Waals surface area contributed by atoms with Crippen LogP contribution in [0.15, 0.2) is 12.2 Å². The molecule has 0 aliphatic carbocycles. The molecule has 0 bridgehead atoms. The van der Waals surface area contributed by atoms with Crippen LogP contribution in [0, 0.1) is 0 Å². The summed E-state index contributed by atoms with van der Waals surface area (Å²) >= 11 is 0. The van der Waals surface area contributed by atoms with E-state index in [-0.39, 0.29) is 5.57 Å². The quantitative estimate of drug-likeness (QED) is 0.441. The Balaban J connectivity index is 0. The van der Waals surface area contributed by atoms with Crippen LogP contribution in [0.4, 0.5) is 0 Å². The third-order valence-electron chi connectivity index (χ3n) is 0.532. The molecule has 60 valence electrons. The molecule has 0 atom stereocenters. The lowest BCUT2D eigenvalue weighted by Gasteiger charge is -1.79. The van der Waals surface area contributed by atoms with Gasteiger partial charge in [-0.3, -0.25) is 0 Å². The van der Waals surface area contributed by atoms with Crippen molar-refractivity contribution in [3.05, 3.63) is 12.2 Å². The molecule has 0 unspecified atom stereocenters. The first-order valence-electron chi connectivity index (χ1n) is 2.76. The Labute approximate surface area is 60.2 Å². The van der Waals surface area contributed by atoms with E-state index in [2.05, 4.69) is 17.3 Å². The molecular formula is C6H13NO3. The molecule has 0 saturated carbocycles. The van der Waals surface area contributed by atoms with Gasteiger partial charge in [0.2, 0.25) is 0 Å². The summed E-state index contributed by atoms with van der Waals surface area (Å²) in [6.45, 7) is 7.03. The zero-order chi connectivity index (χ0) is 8.57. The van der Waals surface area contributed by atoms with Crippen LogP contribution in [-0.4, -0.2) is 17.7 Å². The van der Waals surface area contributed by atoms with Crippen molar-refractivity contribution in [2.45, 2.75) is 13.8 Å². The second kappa shape index (κ2) is 8.13. The van der Waals surface area contributed by atoms with Crippen molar-refractivity contribution in [2.24, 2.45) is 5.90 Å². The molecule has 0 heterocycles. The van der Waals surface area contributed by atoms with Gasteiger partial charge in [-0.15, -0.1) is 0 Å². The first-order chi connectivity index (χ1) is 4.56. The van der Waals surface area contributed by atoms with Crippen molar-refractivity contribution >= 4 is 5.97 Å². The van der Waals surface area contributed by atoms with E-state index in [1.165, 1.54) is 6.92 Å². The van der Waals surface area contributed by atoms with E-state index in [9.17, 15) is 4.79 Å². The summed E-state index contributed by atoms with van der Waals surface area (Å²) in [5.41, 5.74) is 0.176. The van der Waals surface area contributed by atoms with Gasteiger partial charge in [0.05, 0.1) is 6.61 Å². The first-order valence-corrected chi connectivity index (χ1v) is 2.76. The minimum atomic E-state index is -0.935. The maximum atomic E-state index is 9.60. The Morgan fingerprint density at radius 1 is 1.80 bits per heavy atom. The summed E-state index contributed by atoms with van der Waals surface area (Å²) in [4.78, 5) is 13.6. The van der Waals surface area contributed by atoms with E-state index in [4.69, 9.17) is 5.11 Å². The molecule has 0 saturated heterocycles. The zero-order valence-corrected chi connectivity index (χ0v) is 6.26. The molecule has 0 aliphatic rings. The highest BCUT2D eigenvalue weighted by Crippen LogP contribution is 1.81. The molecule has 0 amide bonds. The van der Waals surface area contributed by atoms with Crippen LogP contribution in [0.5, 0.6) is 0 Å². The molecule has 0 fully saturated rings. The van der Waals surface area contributed by atoms with E-state index in [0.717, 1.165) is 0 Å². The number of hydrogen-bond acceptors (Lipinski definition) is 3. The molecule has 4 nitrogen and oxygen atoms in total. The van der Waals surface area contributed by atoms with Crippen molar-refractivity contribution in [3.8, 4) is 0 Å². The number of hydrogen-bond donors (Lipinski definition) is 2. The number of carbonyl (C=O) groups is 1. The molecule has 0 spiro atoms. The first kappa shape index (κ1) is 11.9. The fourth-order valence-electron chi connectivity index (χ4n) is 0. The topological polar surface area (TPSA) is 72.5 Å². The predicted molar refractivity (Wildman–Crippen MR) is 38.3 cm³/mol. The highest BCUT2D eigenvalue weighted by molar-refractivity contribution is 5.84. The van der Waals surface area contributed by atoms with Crippen molar-refractivity contribution in [1.82, 2.24) is 0 Å². The molecule has 0 rings (SSSR count). The molecule has 0 aromatic heterocycles. The molecule has 0 aromatic rings. The minimum Gasteiger partial charge on any atom is -0.478 e. The van der Waals surface area contributed by atoms with Crippen LogP contribution in [0.3, 0.4) is 0 Å². The normalized spacial score (nSPS) is 7.50. The van der Waals surface area contributed by atoms with Crippen LogP contribution in [-0.2, 0) is 9.63 Å². The molecule has 3 N–H and O–H groups in total. The van der Waals surface area contributed by atoms with Crippen LogP contribution in [0.1, 0.15) is 13.8 Å². The summed E-state index contributed by atoms with van der Waals surface area (Å²) in [6, 6.07) is 0. The van der Waals surface area contributed by atoms with Gasteiger partial charge in [-0.2, -0.15) is 0 Å². The van der Waals surface area contributed by atoms with Gasteiger partial charge >= 0.3 is 5.97 Å². The van der Waals surface area contributed by atoms with Crippen molar-refractivity contribution in [1.29, 1.82) is 0 Å². The van der Waals surface area contributed by atoms with Crippen LogP contribution in [0.25, 0.3) is 0 Å². The molecule has 0 aromatic carbocycles. The Morgan fingerprint density at radius 3 is 2.00 bits per heavy atom. The number of carboxylic acids is 1. The lowest BCUT2D eigenvalue weighted by Crippen LogP contribution is -1.94.